The van der Waals surface area contributed by atoms with Crippen molar-refractivity contribution in [2.24, 2.45) is 0 Å². The smallest absolute Gasteiger partial charge is 0.399 e. The summed E-state index contributed by atoms with van der Waals surface area (Å²) in [7, 11) is 0. The van der Waals surface area contributed by atoms with Gasteiger partial charge < -0.3 is 11.1 Å². The fourth-order valence-corrected chi connectivity index (χ4v) is 2.32. The molecule has 0 unspecified atom stereocenters. The second-order valence-electron chi connectivity index (χ2n) is 5.44. The highest BCUT2D eigenvalue weighted by Crippen LogP contribution is 2.29. The Kier molecular flexibility index (Phi) is 4.56. The Morgan fingerprint density at radius 1 is 1.00 bits per heavy atom. The zero-order valence-electron chi connectivity index (χ0n) is 13.1. The molecule has 0 aliphatic carbocycles. The minimum Gasteiger partial charge on any atom is -0.399 e. The Morgan fingerprint density at radius 2 is 1.80 bits per heavy atom. The van der Waals surface area contributed by atoms with Crippen LogP contribution in [0, 0.1) is 0 Å². The van der Waals surface area contributed by atoms with Gasteiger partial charge >= 0.3 is 6.18 Å². The van der Waals surface area contributed by atoms with Crippen molar-refractivity contribution < 1.29 is 13.2 Å². The lowest BCUT2D eigenvalue weighted by Gasteiger charge is -2.10. The number of nitrogens with two attached hydrogens (primary N) is 1. The molecule has 0 saturated heterocycles. The zero-order chi connectivity index (χ0) is 17.9. The van der Waals surface area contributed by atoms with Gasteiger partial charge in [0.05, 0.1) is 5.56 Å². The summed E-state index contributed by atoms with van der Waals surface area (Å²) in [6.45, 7) is 0.220. The monoisotopic (exact) mass is 344 g/mol. The molecule has 0 atom stereocenters. The molecule has 25 heavy (non-hydrogen) atoms. The number of benzene rings is 2. The van der Waals surface area contributed by atoms with Crippen LogP contribution in [0.3, 0.4) is 0 Å². The summed E-state index contributed by atoms with van der Waals surface area (Å²) in [5.41, 5.74) is 6.96. The maximum atomic E-state index is 12.8. The minimum atomic E-state index is -4.36. The van der Waals surface area contributed by atoms with E-state index < -0.39 is 11.7 Å². The minimum absolute atomic E-state index is 0.220. The van der Waals surface area contributed by atoms with E-state index in [9.17, 15) is 13.2 Å². The molecular formula is C18H15F3N4. The van der Waals surface area contributed by atoms with Gasteiger partial charge in [-0.2, -0.15) is 13.2 Å². The Morgan fingerprint density at radius 3 is 2.56 bits per heavy atom. The fourth-order valence-electron chi connectivity index (χ4n) is 2.32. The normalized spacial score (nSPS) is 11.3. The topological polar surface area (TPSA) is 63.8 Å². The lowest BCUT2D eigenvalue weighted by molar-refractivity contribution is -0.137. The van der Waals surface area contributed by atoms with Crippen LogP contribution in [0.1, 0.15) is 11.1 Å². The lowest BCUT2D eigenvalue weighted by atomic mass is 10.1. The highest BCUT2D eigenvalue weighted by Gasteiger charge is 2.30. The fraction of sp³-hybridized carbons (Fsp3) is 0.111. The van der Waals surface area contributed by atoms with Crippen LogP contribution in [0.5, 0.6) is 0 Å². The molecule has 3 N–H and O–H groups in total. The third-order valence-corrected chi connectivity index (χ3v) is 3.53. The largest absolute Gasteiger partial charge is 0.416 e. The van der Waals surface area contributed by atoms with Crippen LogP contribution in [0.2, 0.25) is 0 Å². The van der Waals surface area contributed by atoms with Gasteiger partial charge in [-0.25, -0.2) is 9.97 Å². The van der Waals surface area contributed by atoms with E-state index in [1.807, 2.05) is 6.07 Å². The molecule has 0 radical (unpaired) electrons. The van der Waals surface area contributed by atoms with E-state index in [0.717, 1.165) is 17.7 Å². The first-order valence-electron chi connectivity index (χ1n) is 7.51. The summed E-state index contributed by atoms with van der Waals surface area (Å²) in [5, 5.41) is 3.01. The van der Waals surface area contributed by atoms with Crippen molar-refractivity contribution in [3.63, 3.8) is 0 Å². The molecule has 0 bridgehead atoms. The summed E-state index contributed by atoms with van der Waals surface area (Å²) in [4.78, 5) is 8.57. The number of aromatic nitrogens is 2. The van der Waals surface area contributed by atoms with E-state index >= 15 is 0 Å². The van der Waals surface area contributed by atoms with Crippen LogP contribution in [-0.4, -0.2) is 9.97 Å². The summed E-state index contributed by atoms with van der Waals surface area (Å²) in [5.74, 6) is 1.01. The van der Waals surface area contributed by atoms with Crippen LogP contribution in [0.4, 0.5) is 24.7 Å². The summed E-state index contributed by atoms with van der Waals surface area (Å²) in [6, 6.07) is 14.0. The predicted octanol–water partition coefficient (Wildman–Crippen LogP) is 4.36. The second kappa shape index (κ2) is 6.80. The number of halogens is 3. The van der Waals surface area contributed by atoms with Crippen LogP contribution in [-0.2, 0) is 12.7 Å². The quantitative estimate of drug-likeness (QED) is 0.691. The zero-order valence-corrected chi connectivity index (χ0v) is 13.1. The molecule has 0 spiro atoms. The molecular weight excluding hydrogens is 329 g/mol. The van der Waals surface area contributed by atoms with Gasteiger partial charge in [-0.15, -0.1) is 0 Å². The van der Waals surface area contributed by atoms with E-state index in [0.29, 0.717) is 22.9 Å². The van der Waals surface area contributed by atoms with Gasteiger partial charge in [0.2, 0.25) is 0 Å². The van der Waals surface area contributed by atoms with Gasteiger partial charge in [0.15, 0.2) is 5.82 Å². The highest BCUT2D eigenvalue weighted by atomic mass is 19.4. The standard InChI is InChI=1S/C18H15F3N4/c19-18(20,21)14-5-1-3-12(9-14)11-24-16-7-8-23-17(25-16)13-4-2-6-15(22)10-13/h1-10H,11,22H2,(H,23,24,25). The molecule has 7 heteroatoms. The first kappa shape index (κ1) is 16.8. The molecule has 0 fully saturated rings. The molecule has 3 rings (SSSR count). The van der Waals surface area contributed by atoms with Gasteiger partial charge in [0.1, 0.15) is 5.82 Å². The Bertz CT molecular complexity index is 878. The summed E-state index contributed by atoms with van der Waals surface area (Å²) in [6.07, 6.45) is -2.77. The summed E-state index contributed by atoms with van der Waals surface area (Å²) < 4.78 is 38.3. The summed E-state index contributed by atoms with van der Waals surface area (Å²) >= 11 is 0. The molecule has 0 amide bonds. The average Bonchev–Trinajstić information content (AvgIpc) is 2.60. The first-order chi connectivity index (χ1) is 11.9. The highest BCUT2D eigenvalue weighted by molar-refractivity contribution is 5.62. The van der Waals surface area contributed by atoms with Crippen LogP contribution in [0.15, 0.2) is 60.8 Å². The maximum Gasteiger partial charge on any atom is 0.416 e. The molecule has 4 nitrogen and oxygen atoms in total. The van der Waals surface area contributed by atoms with Crippen molar-refractivity contribution in [1.29, 1.82) is 0 Å². The van der Waals surface area contributed by atoms with Gasteiger partial charge in [0.25, 0.3) is 0 Å². The van der Waals surface area contributed by atoms with E-state index in [-0.39, 0.29) is 6.54 Å². The Labute approximate surface area is 142 Å². The molecule has 2 aromatic carbocycles. The third kappa shape index (κ3) is 4.26. The molecule has 3 aromatic rings. The SMILES string of the molecule is Nc1cccc(-c2nccc(NCc3cccc(C(F)(F)F)c3)n2)c1. The van der Waals surface area contributed by atoms with Gasteiger partial charge in [0, 0.05) is 24.0 Å². The van der Waals surface area contributed by atoms with E-state index in [1.165, 1.54) is 6.07 Å². The molecule has 1 heterocycles. The van der Waals surface area contributed by atoms with Gasteiger partial charge in [-0.3, -0.25) is 0 Å². The third-order valence-electron chi connectivity index (χ3n) is 3.53. The Balaban J connectivity index is 1.75. The molecule has 0 aliphatic heterocycles. The van der Waals surface area contributed by atoms with Gasteiger partial charge in [-0.1, -0.05) is 24.3 Å². The molecule has 128 valence electrons. The van der Waals surface area contributed by atoms with Crippen LogP contribution in [0.25, 0.3) is 11.4 Å². The van der Waals surface area contributed by atoms with E-state index in [1.54, 1.807) is 36.5 Å². The van der Waals surface area contributed by atoms with Crippen LogP contribution >= 0.6 is 0 Å². The second-order valence-corrected chi connectivity index (χ2v) is 5.44. The predicted molar refractivity (Wildman–Crippen MR) is 90.7 cm³/mol. The van der Waals surface area contributed by atoms with Crippen molar-refractivity contribution in [3.05, 3.63) is 71.9 Å². The molecule has 1 aromatic heterocycles. The average molecular weight is 344 g/mol. The maximum absolute atomic E-state index is 12.8. The van der Waals surface area contributed by atoms with Crippen LogP contribution < -0.4 is 11.1 Å². The van der Waals surface area contributed by atoms with Crippen molar-refractivity contribution in [2.75, 3.05) is 11.1 Å². The lowest BCUT2D eigenvalue weighted by Crippen LogP contribution is -2.07. The number of rotatable bonds is 4. The number of alkyl halides is 3. The van der Waals surface area contributed by atoms with Crippen molar-refractivity contribution >= 4 is 11.5 Å². The number of nitrogens with zero attached hydrogens (tertiary/aromatic N) is 2. The first-order valence-corrected chi connectivity index (χ1v) is 7.51. The molecule has 0 aliphatic rings. The van der Waals surface area contributed by atoms with E-state index in [4.69, 9.17) is 5.73 Å². The number of nitrogen functional groups attached to an aromatic ring is 1. The Hall–Kier alpha value is -3.09. The number of hydrogen-bond donors (Lipinski definition) is 2. The van der Waals surface area contributed by atoms with Crippen molar-refractivity contribution in [3.8, 4) is 11.4 Å². The van der Waals surface area contributed by atoms with E-state index in [2.05, 4.69) is 15.3 Å². The van der Waals surface area contributed by atoms with Gasteiger partial charge in [-0.05, 0) is 35.9 Å². The molecule has 0 saturated carbocycles. The van der Waals surface area contributed by atoms with Crippen molar-refractivity contribution in [2.45, 2.75) is 12.7 Å². The number of anilines is 2. The number of hydrogen-bond acceptors (Lipinski definition) is 4. The number of nitrogens with one attached hydrogen (secondary N) is 1. The van der Waals surface area contributed by atoms with Crippen molar-refractivity contribution in [1.82, 2.24) is 9.97 Å².